The Hall–Kier alpha value is -3.29. The van der Waals surface area contributed by atoms with Crippen molar-refractivity contribution in [1.29, 1.82) is 0 Å². The SMILES string of the molecule is CC(N=O)=NC(=O)c1c(C)oc2c(O)c3cccnc3c(O)c12. The lowest BCUT2D eigenvalue weighted by Crippen LogP contribution is -1.99. The van der Waals surface area contributed by atoms with Crippen LogP contribution in [0.4, 0.5) is 0 Å². The van der Waals surface area contributed by atoms with Gasteiger partial charge in [-0.2, -0.15) is 4.99 Å². The van der Waals surface area contributed by atoms with E-state index < -0.39 is 5.91 Å². The number of phenolic OH excluding ortho intramolecular Hbond substituents is 2. The average Bonchev–Trinajstić information content (AvgIpc) is 2.90. The summed E-state index contributed by atoms with van der Waals surface area (Å²) in [5.41, 5.74) is 0.0284. The van der Waals surface area contributed by atoms with Crippen molar-refractivity contribution in [2.24, 2.45) is 10.2 Å². The van der Waals surface area contributed by atoms with E-state index in [2.05, 4.69) is 15.2 Å². The lowest BCUT2D eigenvalue weighted by molar-refractivity contribution is 0.100. The van der Waals surface area contributed by atoms with Crippen LogP contribution in [0.25, 0.3) is 21.9 Å². The minimum Gasteiger partial charge on any atom is -0.505 e. The summed E-state index contributed by atoms with van der Waals surface area (Å²) in [6.07, 6.45) is 1.44. The van der Waals surface area contributed by atoms with E-state index in [0.717, 1.165) is 0 Å². The van der Waals surface area contributed by atoms with E-state index in [1.165, 1.54) is 20.0 Å². The molecule has 0 atom stereocenters. The lowest BCUT2D eigenvalue weighted by Gasteiger charge is -2.04. The second-order valence-electron chi connectivity index (χ2n) is 4.89. The van der Waals surface area contributed by atoms with E-state index >= 15 is 0 Å². The van der Waals surface area contributed by atoms with Crippen molar-refractivity contribution < 1.29 is 19.4 Å². The number of hydrogen-bond acceptors (Lipinski definition) is 6. The number of aromatic hydroxyl groups is 2. The minimum atomic E-state index is -0.802. The fourth-order valence-electron chi connectivity index (χ4n) is 2.44. The molecular weight excluding hydrogens is 302 g/mol. The van der Waals surface area contributed by atoms with E-state index in [0.29, 0.717) is 5.39 Å². The number of phenols is 2. The van der Waals surface area contributed by atoms with Crippen LogP contribution >= 0.6 is 0 Å². The minimum absolute atomic E-state index is 0.00125. The van der Waals surface area contributed by atoms with Gasteiger partial charge in [-0.3, -0.25) is 9.78 Å². The number of furan rings is 1. The number of carbonyl (C=O) groups excluding carboxylic acids is 1. The summed E-state index contributed by atoms with van der Waals surface area (Å²) in [6, 6.07) is 3.16. The Balaban J connectivity index is 2.43. The highest BCUT2D eigenvalue weighted by atomic mass is 16.4. The monoisotopic (exact) mass is 313 g/mol. The third kappa shape index (κ3) is 2.11. The summed E-state index contributed by atoms with van der Waals surface area (Å²) in [6.45, 7) is 2.76. The predicted octanol–water partition coefficient (Wildman–Crippen LogP) is 3.03. The van der Waals surface area contributed by atoms with E-state index in [9.17, 15) is 19.9 Å². The molecule has 0 radical (unpaired) electrons. The normalized spacial score (nSPS) is 12.0. The zero-order valence-corrected chi connectivity index (χ0v) is 12.2. The zero-order valence-electron chi connectivity index (χ0n) is 12.2. The van der Waals surface area contributed by atoms with Crippen LogP contribution in [0.3, 0.4) is 0 Å². The van der Waals surface area contributed by atoms with Crippen molar-refractivity contribution in [2.75, 3.05) is 0 Å². The second-order valence-corrected chi connectivity index (χ2v) is 4.89. The first-order valence-electron chi connectivity index (χ1n) is 6.60. The number of nitroso groups, excluding NO2 is 1. The molecule has 23 heavy (non-hydrogen) atoms. The third-order valence-corrected chi connectivity index (χ3v) is 3.43. The molecule has 0 saturated carbocycles. The summed E-state index contributed by atoms with van der Waals surface area (Å²) in [5, 5.41) is 23.6. The Bertz CT molecular complexity index is 1000. The summed E-state index contributed by atoms with van der Waals surface area (Å²) < 4.78 is 5.42. The highest BCUT2D eigenvalue weighted by Gasteiger charge is 2.26. The fraction of sp³-hybridized carbons (Fsp3) is 0.133. The van der Waals surface area contributed by atoms with Gasteiger partial charge in [-0.05, 0) is 31.2 Å². The highest BCUT2D eigenvalue weighted by Crippen LogP contribution is 2.44. The van der Waals surface area contributed by atoms with Crippen molar-refractivity contribution >= 4 is 33.6 Å². The molecule has 2 N–H and O–H groups in total. The maximum atomic E-state index is 12.2. The van der Waals surface area contributed by atoms with Gasteiger partial charge in [0, 0.05) is 11.6 Å². The molecule has 0 fully saturated rings. The second kappa shape index (κ2) is 5.16. The molecule has 0 aliphatic rings. The molecule has 2 aromatic heterocycles. The van der Waals surface area contributed by atoms with Crippen molar-refractivity contribution in [3.05, 3.63) is 34.6 Å². The smallest absolute Gasteiger partial charge is 0.283 e. The lowest BCUT2D eigenvalue weighted by atomic mass is 10.1. The molecule has 8 nitrogen and oxygen atoms in total. The fourth-order valence-corrected chi connectivity index (χ4v) is 2.44. The summed E-state index contributed by atoms with van der Waals surface area (Å²) >= 11 is 0. The summed E-state index contributed by atoms with van der Waals surface area (Å²) in [4.78, 5) is 30.2. The molecule has 116 valence electrons. The van der Waals surface area contributed by atoms with Gasteiger partial charge in [-0.15, -0.1) is 4.91 Å². The number of aryl methyl sites for hydroxylation is 1. The topological polar surface area (TPSA) is 125 Å². The Kier molecular flexibility index (Phi) is 3.29. The Morgan fingerprint density at radius 1 is 1.30 bits per heavy atom. The first kappa shape index (κ1) is 14.6. The van der Waals surface area contributed by atoms with E-state index in [-0.39, 0.29) is 45.1 Å². The molecule has 0 unspecified atom stereocenters. The molecule has 8 heteroatoms. The van der Waals surface area contributed by atoms with Crippen LogP contribution in [-0.4, -0.2) is 26.9 Å². The maximum Gasteiger partial charge on any atom is 0.283 e. The van der Waals surface area contributed by atoms with Gasteiger partial charge < -0.3 is 14.6 Å². The Labute approximate surface area is 129 Å². The van der Waals surface area contributed by atoms with Crippen LogP contribution in [-0.2, 0) is 0 Å². The van der Waals surface area contributed by atoms with E-state index in [1.54, 1.807) is 12.1 Å². The molecule has 3 rings (SSSR count). The molecule has 0 saturated heterocycles. The molecule has 0 bridgehead atoms. The van der Waals surface area contributed by atoms with Crippen molar-refractivity contribution in [3.8, 4) is 11.5 Å². The molecular formula is C15H11N3O5. The first-order chi connectivity index (χ1) is 11.0. The maximum absolute atomic E-state index is 12.2. The molecule has 0 aliphatic carbocycles. The predicted molar refractivity (Wildman–Crippen MR) is 82.8 cm³/mol. The van der Waals surface area contributed by atoms with Gasteiger partial charge in [0.1, 0.15) is 11.3 Å². The van der Waals surface area contributed by atoms with Crippen molar-refractivity contribution in [1.82, 2.24) is 4.98 Å². The number of carbonyl (C=O) groups is 1. The molecule has 0 spiro atoms. The number of nitrogens with zero attached hydrogens (tertiary/aromatic N) is 3. The number of hydrogen-bond donors (Lipinski definition) is 2. The molecule has 3 aromatic rings. The van der Waals surface area contributed by atoms with Gasteiger partial charge in [0.25, 0.3) is 5.91 Å². The molecule has 1 aromatic carbocycles. The Morgan fingerprint density at radius 2 is 2.04 bits per heavy atom. The van der Waals surface area contributed by atoms with Gasteiger partial charge in [-0.25, -0.2) is 0 Å². The zero-order chi connectivity index (χ0) is 16.7. The number of aliphatic imine (C=N–C) groups is 1. The summed E-state index contributed by atoms with van der Waals surface area (Å²) in [5.74, 6) is -1.46. The van der Waals surface area contributed by atoms with Gasteiger partial charge in [0.2, 0.25) is 0 Å². The average molecular weight is 313 g/mol. The van der Waals surface area contributed by atoms with E-state index in [1.807, 2.05) is 0 Å². The number of rotatable bonds is 1. The van der Waals surface area contributed by atoms with Crippen LogP contribution in [0, 0.1) is 11.8 Å². The van der Waals surface area contributed by atoms with Crippen LogP contribution < -0.4 is 0 Å². The van der Waals surface area contributed by atoms with Crippen LogP contribution in [0.5, 0.6) is 11.5 Å². The van der Waals surface area contributed by atoms with Crippen molar-refractivity contribution in [2.45, 2.75) is 13.8 Å². The number of amides is 1. The van der Waals surface area contributed by atoms with Gasteiger partial charge >= 0.3 is 0 Å². The molecule has 1 amide bonds. The first-order valence-corrected chi connectivity index (χ1v) is 6.60. The number of aromatic nitrogens is 1. The van der Waals surface area contributed by atoms with Crippen LogP contribution in [0.15, 0.2) is 32.9 Å². The standard InChI is InChI=1S/C15H11N3O5/c1-6-9(15(21)17-7(2)18-22)10-13(20)11-8(4-3-5-16-11)12(19)14(10)23-6/h3-5,19-20H,1-2H3. The Morgan fingerprint density at radius 3 is 2.74 bits per heavy atom. The largest absolute Gasteiger partial charge is 0.505 e. The number of amidine groups is 1. The van der Waals surface area contributed by atoms with Gasteiger partial charge in [-0.1, -0.05) is 0 Å². The van der Waals surface area contributed by atoms with Gasteiger partial charge in [0.05, 0.1) is 10.9 Å². The summed E-state index contributed by atoms with van der Waals surface area (Å²) in [7, 11) is 0. The van der Waals surface area contributed by atoms with Crippen molar-refractivity contribution in [3.63, 3.8) is 0 Å². The third-order valence-electron chi connectivity index (χ3n) is 3.43. The quantitative estimate of drug-likeness (QED) is 0.308. The van der Waals surface area contributed by atoms with Crippen LogP contribution in [0.2, 0.25) is 0 Å². The van der Waals surface area contributed by atoms with Crippen LogP contribution in [0.1, 0.15) is 23.0 Å². The number of benzene rings is 1. The molecule has 2 heterocycles. The highest BCUT2D eigenvalue weighted by molar-refractivity contribution is 6.18. The number of fused-ring (bicyclic) bond motifs is 2. The number of pyridine rings is 1. The van der Waals surface area contributed by atoms with E-state index in [4.69, 9.17) is 4.42 Å². The van der Waals surface area contributed by atoms with Gasteiger partial charge in [0.15, 0.2) is 22.9 Å². The molecule has 0 aliphatic heterocycles.